The van der Waals surface area contributed by atoms with E-state index >= 15 is 0 Å². The number of guanidine groups is 1. The zero-order valence-electron chi connectivity index (χ0n) is 11.7. The summed E-state index contributed by atoms with van der Waals surface area (Å²) in [5.41, 5.74) is 6.05. The van der Waals surface area contributed by atoms with Gasteiger partial charge in [0.1, 0.15) is 5.82 Å². The first-order chi connectivity index (χ1) is 9.09. The normalized spacial score (nSPS) is 30.9. The quantitative estimate of drug-likeness (QED) is 0.463. The Labute approximate surface area is 136 Å². The molecule has 2 fully saturated rings. The maximum atomic E-state index is 5.98. The first-order valence-electron chi connectivity index (χ1n) is 6.72. The molecule has 0 amide bonds. The Morgan fingerprint density at radius 2 is 2.30 bits per heavy atom. The summed E-state index contributed by atoms with van der Waals surface area (Å²) in [4.78, 5) is 8.81. The van der Waals surface area contributed by atoms with Crippen molar-refractivity contribution in [3.8, 4) is 0 Å². The molecule has 3 unspecified atom stereocenters. The Balaban J connectivity index is 0.00000147. The van der Waals surface area contributed by atoms with Gasteiger partial charge in [-0.05, 0) is 18.6 Å². The molecule has 1 aromatic heterocycles. The number of aromatic nitrogens is 1. The van der Waals surface area contributed by atoms with Crippen molar-refractivity contribution in [1.82, 2.24) is 4.98 Å². The summed E-state index contributed by atoms with van der Waals surface area (Å²) in [5.74, 6) is 1.67. The minimum Gasteiger partial charge on any atom is -0.377 e. The topological polar surface area (TPSA) is 72.5 Å². The fraction of sp³-hybridized carbons (Fsp3) is 0.571. The van der Waals surface area contributed by atoms with E-state index in [1.807, 2.05) is 18.2 Å². The van der Waals surface area contributed by atoms with Crippen LogP contribution in [-0.2, 0) is 4.74 Å². The molecule has 6 heteroatoms. The summed E-state index contributed by atoms with van der Waals surface area (Å²) >= 11 is 0. The Hall–Kier alpha value is -0.890. The number of nitrogens with zero attached hydrogens (tertiary/aromatic N) is 2. The molecular weight excluding hydrogens is 367 g/mol. The highest BCUT2D eigenvalue weighted by Gasteiger charge is 2.59. The summed E-state index contributed by atoms with van der Waals surface area (Å²) in [6.45, 7) is 5.24. The van der Waals surface area contributed by atoms with E-state index in [9.17, 15) is 0 Å². The van der Waals surface area contributed by atoms with Crippen molar-refractivity contribution in [1.29, 1.82) is 0 Å². The number of ether oxygens (including phenoxy) is 1. The molecule has 3 atom stereocenters. The van der Waals surface area contributed by atoms with Crippen molar-refractivity contribution in [2.24, 2.45) is 22.1 Å². The number of nitrogens with one attached hydrogen (secondary N) is 1. The van der Waals surface area contributed by atoms with Crippen LogP contribution in [0.1, 0.15) is 20.3 Å². The van der Waals surface area contributed by atoms with Crippen LogP contribution in [0.2, 0.25) is 0 Å². The largest absolute Gasteiger partial charge is 0.377 e. The molecule has 2 aliphatic rings. The summed E-state index contributed by atoms with van der Waals surface area (Å²) < 4.78 is 5.75. The average molecular weight is 388 g/mol. The number of pyridine rings is 1. The lowest BCUT2D eigenvalue weighted by Crippen LogP contribution is -2.59. The van der Waals surface area contributed by atoms with Gasteiger partial charge in [0.25, 0.3) is 0 Å². The molecule has 0 spiro atoms. The third-order valence-corrected chi connectivity index (χ3v) is 4.24. The molecule has 20 heavy (non-hydrogen) atoms. The van der Waals surface area contributed by atoms with E-state index in [4.69, 9.17) is 10.5 Å². The monoisotopic (exact) mass is 388 g/mol. The number of hydrogen-bond acceptors (Lipinski definition) is 3. The van der Waals surface area contributed by atoms with Crippen molar-refractivity contribution < 1.29 is 4.74 Å². The van der Waals surface area contributed by atoms with E-state index < -0.39 is 0 Å². The van der Waals surface area contributed by atoms with Crippen LogP contribution in [0, 0.1) is 11.3 Å². The van der Waals surface area contributed by atoms with Crippen molar-refractivity contribution in [2.45, 2.75) is 32.4 Å². The molecule has 1 aromatic rings. The minimum absolute atomic E-state index is 0. The van der Waals surface area contributed by atoms with E-state index in [2.05, 4.69) is 29.1 Å². The molecule has 1 saturated carbocycles. The number of nitrogens with two attached hydrogens (primary N) is 1. The number of hydrogen-bond donors (Lipinski definition) is 2. The number of aliphatic imine (C=N–C) groups is 1. The third-order valence-electron chi connectivity index (χ3n) is 4.24. The van der Waals surface area contributed by atoms with Crippen LogP contribution in [0.15, 0.2) is 29.4 Å². The van der Waals surface area contributed by atoms with Crippen LogP contribution < -0.4 is 11.1 Å². The number of halogens is 1. The molecule has 0 bridgehead atoms. The first-order valence-corrected chi connectivity index (χ1v) is 6.72. The predicted octanol–water partition coefficient (Wildman–Crippen LogP) is 2.24. The Bertz CT molecular complexity index is 491. The van der Waals surface area contributed by atoms with Gasteiger partial charge in [0.15, 0.2) is 5.96 Å². The summed E-state index contributed by atoms with van der Waals surface area (Å²) in [6.07, 6.45) is 3.15. The van der Waals surface area contributed by atoms with Crippen molar-refractivity contribution in [3.63, 3.8) is 0 Å². The molecule has 3 rings (SSSR count). The Kier molecular flexibility index (Phi) is 4.53. The van der Waals surface area contributed by atoms with Crippen LogP contribution in [-0.4, -0.2) is 29.7 Å². The highest BCUT2D eigenvalue weighted by atomic mass is 127. The van der Waals surface area contributed by atoms with Gasteiger partial charge in [0.05, 0.1) is 12.1 Å². The van der Waals surface area contributed by atoms with Gasteiger partial charge in [-0.2, -0.15) is 0 Å². The van der Waals surface area contributed by atoms with Crippen LogP contribution in [0.3, 0.4) is 0 Å². The van der Waals surface area contributed by atoms with Crippen molar-refractivity contribution in [2.75, 3.05) is 11.9 Å². The van der Waals surface area contributed by atoms with Gasteiger partial charge in [-0.25, -0.2) is 9.98 Å². The minimum atomic E-state index is 0. The van der Waals surface area contributed by atoms with E-state index in [0.717, 1.165) is 18.8 Å². The van der Waals surface area contributed by atoms with Gasteiger partial charge in [0.2, 0.25) is 0 Å². The first kappa shape index (κ1) is 15.5. The van der Waals surface area contributed by atoms with Gasteiger partial charge < -0.3 is 15.8 Å². The van der Waals surface area contributed by atoms with Crippen LogP contribution in [0.25, 0.3) is 0 Å². The van der Waals surface area contributed by atoms with Gasteiger partial charge in [-0.15, -0.1) is 24.0 Å². The molecule has 3 N–H and O–H groups in total. The van der Waals surface area contributed by atoms with Crippen LogP contribution >= 0.6 is 24.0 Å². The molecule has 2 heterocycles. The van der Waals surface area contributed by atoms with Gasteiger partial charge in [-0.3, -0.25) is 0 Å². The standard InChI is InChI=1S/C14H20N4O.HI/c1-14(2)11(9-6-8-19-12(9)14)18-13(15)17-10-5-3-4-7-16-10;/h3-5,7,9,11-12H,6,8H2,1-2H3,(H3,15,16,17,18);1H. The Morgan fingerprint density at radius 1 is 1.50 bits per heavy atom. The molecule has 1 aliphatic heterocycles. The van der Waals surface area contributed by atoms with Gasteiger partial charge >= 0.3 is 0 Å². The smallest absolute Gasteiger partial charge is 0.194 e. The zero-order valence-corrected chi connectivity index (χ0v) is 14.1. The second-order valence-electron chi connectivity index (χ2n) is 5.86. The molecule has 110 valence electrons. The van der Waals surface area contributed by atoms with Gasteiger partial charge in [0, 0.05) is 24.1 Å². The zero-order chi connectivity index (χ0) is 13.5. The number of rotatable bonds is 2. The Morgan fingerprint density at radius 3 is 3.00 bits per heavy atom. The van der Waals surface area contributed by atoms with E-state index in [1.54, 1.807) is 6.20 Å². The maximum Gasteiger partial charge on any atom is 0.194 e. The maximum absolute atomic E-state index is 5.98. The highest BCUT2D eigenvalue weighted by molar-refractivity contribution is 14.0. The fourth-order valence-electron chi connectivity index (χ4n) is 3.31. The fourth-order valence-corrected chi connectivity index (χ4v) is 3.31. The van der Waals surface area contributed by atoms with Crippen LogP contribution in [0.5, 0.6) is 0 Å². The van der Waals surface area contributed by atoms with E-state index in [0.29, 0.717) is 18.0 Å². The molecular formula is C14H21IN4O. The second kappa shape index (κ2) is 5.85. The van der Waals surface area contributed by atoms with Crippen LogP contribution in [0.4, 0.5) is 5.82 Å². The summed E-state index contributed by atoms with van der Waals surface area (Å²) in [6, 6.07) is 5.89. The van der Waals surface area contributed by atoms with E-state index in [1.165, 1.54) is 0 Å². The molecule has 5 nitrogen and oxygen atoms in total. The lowest BCUT2D eigenvalue weighted by atomic mass is 9.57. The van der Waals surface area contributed by atoms with E-state index in [-0.39, 0.29) is 35.4 Å². The predicted molar refractivity (Wildman–Crippen MR) is 90.3 cm³/mol. The molecule has 0 radical (unpaired) electrons. The lowest BCUT2D eigenvalue weighted by molar-refractivity contribution is -0.0985. The highest BCUT2D eigenvalue weighted by Crippen LogP contribution is 2.53. The summed E-state index contributed by atoms with van der Waals surface area (Å²) in [5, 5.41) is 3.03. The SMILES string of the molecule is CC1(C)C(N=C(N)Nc2ccccn2)C2CCOC21.I. The lowest BCUT2D eigenvalue weighted by Gasteiger charge is -2.52. The number of fused-ring (bicyclic) bond motifs is 1. The van der Waals surface area contributed by atoms with Crippen molar-refractivity contribution >= 4 is 35.8 Å². The third kappa shape index (κ3) is 2.63. The second-order valence-corrected chi connectivity index (χ2v) is 5.86. The number of anilines is 1. The molecule has 0 aromatic carbocycles. The molecule has 1 aliphatic carbocycles. The van der Waals surface area contributed by atoms with Gasteiger partial charge in [-0.1, -0.05) is 19.9 Å². The summed E-state index contributed by atoms with van der Waals surface area (Å²) in [7, 11) is 0. The van der Waals surface area contributed by atoms with Crippen molar-refractivity contribution in [3.05, 3.63) is 24.4 Å². The average Bonchev–Trinajstić information content (AvgIpc) is 2.84. The molecule has 1 saturated heterocycles.